The standard InChI is InChI=1S/C27H27F2NO5/c1-15-5-10-20(21(29)13-15)24(18-6-8-19(28)9-7-18)17(3)35-27(33)16(2)14-22(31)25-26(32)23(34-4)11-12-30-25/h5-13,16-17,24,32H,14H2,1-4H3/t16-,17+,24-/m1/s1. The largest absolute Gasteiger partial charge is 0.503 e. The molecule has 3 rings (SSSR count). The van der Waals surface area contributed by atoms with Gasteiger partial charge in [-0.25, -0.2) is 13.8 Å². The SMILES string of the molecule is COc1ccnc(C(=O)C[C@@H](C)C(=O)O[C@@H](C)[C@H](c2ccc(F)cc2)c2ccc(C)cc2F)c1O. The van der Waals surface area contributed by atoms with E-state index in [1.807, 2.05) is 0 Å². The Kier molecular flexibility index (Phi) is 8.17. The molecule has 0 unspecified atom stereocenters. The van der Waals surface area contributed by atoms with Crippen LogP contribution in [0.15, 0.2) is 54.7 Å². The monoisotopic (exact) mass is 483 g/mol. The second-order valence-electron chi connectivity index (χ2n) is 8.43. The van der Waals surface area contributed by atoms with Gasteiger partial charge in [0.05, 0.1) is 13.0 Å². The number of carbonyl (C=O) groups is 2. The van der Waals surface area contributed by atoms with Crippen molar-refractivity contribution in [2.45, 2.75) is 39.2 Å². The van der Waals surface area contributed by atoms with E-state index in [2.05, 4.69) is 4.98 Å². The number of methoxy groups -OCH3 is 1. The number of rotatable bonds is 9. The van der Waals surface area contributed by atoms with Gasteiger partial charge in [0.25, 0.3) is 0 Å². The van der Waals surface area contributed by atoms with Crippen LogP contribution in [-0.4, -0.2) is 35.1 Å². The molecular formula is C27H27F2NO5. The molecule has 0 radical (unpaired) electrons. The molecular weight excluding hydrogens is 456 g/mol. The minimum atomic E-state index is -0.867. The van der Waals surface area contributed by atoms with Crippen molar-refractivity contribution in [1.82, 2.24) is 4.98 Å². The Morgan fingerprint density at radius 3 is 2.37 bits per heavy atom. The molecule has 35 heavy (non-hydrogen) atoms. The van der Waals surface area contributed by atoms with Gasteiger partial charge >= 0.3 is 5.97 Å². The van der Waals surface area contributed by atoms with E-state index in [9.17, 15) is 23.5 Å². The van der Waals surface area contributed by atoms with Crippen LogP contribution in [0.3, 0.4) is 0 Å². The number of hydrogen-bond donors (Lipinski definition) is 1. The van der Waals surface area contributed by atoms with Crippen molar-refractivity contribution in [2.24, 2.45) is 5.92 Å². The summed E-state index contributed by atoms with van der Waals surface area (Å²) in [5.41, 5.74) is 1.40. The fraction of sp³-hybridized carbons (Fsp3) is 0.296. The number of carbonyl (C=O) groups excluding carboxylic acids is 2. The summed E-state index contributed by atoms with van der Waals surface area (Å²) in [6.07, 6.45) is 0.227. The summed E-state index contributed by atoms with van der Waals surface area (Å²) in [6.45, 7) is 4.90. The summed E-state index contributed by atoms with van der Waals surface area (Å²) >= 11 is 0. The third-order valence-corrected chi connectivity index (χ3v) is 5.76. The predicted octanol–water partition coefficient (Wildman–Crippen LogP) is 5.36. The topological polar surface area (TPSA) is 85.7 Å². The van der Waals surface area contributed by atoms with Crippen LogP contribution in [0.4, 0.5) is 8.78 Å². The molecule has 0 fully saturated rings. The Labute approximate surface area is 202 Å². The summed E-state index contributed by atoms with van der Waals surface area (Å²) in [5.74, 6) is -4.02. The van der Waals surface area contributed by atoms with Crippen molar-refractivity contribution in [1.29, 1.82) is 0 Å². The third kappa shape index (κ3) is 6.01. The predicted molar refractivity (Wildman–Crippen MR) is 125 cm³/mol. The Morgan fingerprint density at radius 2 is 1.74 bits per heavy atom. The fourth-order valence-electron chi connectivity index (χ4n) is 3.89. The zero-order valence-corrected chi connectivity index (χ0v) is 19.9. The molecule has 0 amide bonds. The van der Waals surface area contributed by atoms with Crippen LogP contribution in [0.25, 0.3) is 0 Å². The van der Waals surface area contributed by atoms with Gasteiger partial charge in [0.15, 0.2) is 23.0 Å². The van der Waals surface area contributed by atoms with E-state index >= 15 is 0 Å². The van der Waals surface area contributed by atoms with E-state index in [4.69, 9.17) is 9.47 Å². The number of hydrogen-bond acceptors (Lipinski definition) is 6. The Bertz CT molecular complexity index is 1210. The zero-order valence-electron chi connectivity index (χ0n) is 19.9. The highest BCUT2D eigenvalue weighted by Gasteiger charge is 2.30. The van der Waals surface area contributed by atoms with Crippen LogP contribution in [0.2, 0.25) is 0 Å². The second-order valence-corrected chi connectivity index (χ2v) is 8.43. The first-order valence-electron chi connectivity index (χ1n) is 11.1. The van der Waals surface area contributed by atoms with Gasteiger partial charge in [0, 0.05) is 24.6 Å². The van der Waals surface area contributed by atoms with Gasteiger partial charge in [0.2, 0.25) is 0 Å². The molecule has 3 atom stereocenters. The van der Waals surface area contributed by atoms with E-state index in [1.165, 1.54) is 56.6 Å². The van der Waals surface area contributed by atoms with Crippen molar-refractivity contribution in [3.63, 3.8) is 0 Å². The van der Waals surface area contributed by atoms with Crippen LogP contribution in [-0.2, 0) is 9.53 Å². The molecule has 0 bridgehead atoms. The number of esters is 1. The molecule has 0 aliphatic carbocycles. The minimum Gasteiger partial charge on any atom is -0.503 e. The molecule has 1 heterocycles. The van der Waals surface area contributed by atoms with Gasteiger partial charge in [-0.2, -0.15) is 0 Å². The van der Waals surface area contributed by atoms with Crippen molar-refractivity contribution < 1.29 is 33.0 Å². The first-order chi connectivity index (χ1) is 16.6. The summed E-state index contributed by atoms with van der Waals surface area (Å²) in [6, 6.07) is 11.7. The van der Waals surface area contributed by atoms with Crippen molar-refractivity contribution >= 4 is 11.8 Å². The zero-order chi connectivity index (χ0) is 25.7. The van der Waals surface area contributed by atoms with Crippen LogP contribution >= 0.6 is 0 Å². The number of ether oxygens (including phenoxy) is 2. The van der Waals surface area contributed by atoms with Crippen LogP contribution < -0.4 is 4.74 Å². The average molecular weight is 484 g/mol. The Hall–Kier alpha value is -3.81. The molecule has 1 N–H and O–H groups in total. The Balaban J connectivity index is 1.80. The van der Waals surface area contributed by atoms with Crippen molar-refractivity contribution in [2.75, 3.05) is 7.11 Å². The maximum atomic E-state index is 14.9. The lowest BCUT2D eigenvalue weighted by Crippen LogP contribution is -2.28. The number of nitrogens with zero attached hydrogens (tertiary/aromatic N) is 1. The minimum absolute atomic E-state index is 0.0921. The maximum absolute atomic E-state index is 14.9. The first kappa shape index (κ1) is 25.8. The van der Waals surface area contributed by atoms with Crippen molar-refractivity contribution in [3.8, 4) is 11.5 Å². The maximum Gasteiger partial charge on any atom is 0.309 e. The molecule has 8 heteroatoms. The lowest BCUT2D eigenvalue weighted by atomic mass is 9.86. The van der Waals surface area contributed by atoms with Gasteiger partial charge in [-0.15, -0.1) is 0 Å². The smallest absolute Gasteiger partial charge is 0.309 e. The lowest BCUT2D eigenvalue weighted by molar-refractivity contribution is -0.153. The number of aromatic nitrogens is 1. The molecule has 184 valence electrons. The van der Waals surface area contributed by atoms with E-state index in [-0.39, 0.29) is 17.9 Å². The normalized spacial score (nSPS) is 13.5. The van der Waals surface area contributed by atoms with Gasteiger partial charge in [-0.05, 0) is 48.7 Å². The van der Waals surface area contributed by atoms with Crippen molar-refractivity contribution in [3.05, 3.63) is 88.7 Å². The number of aromatic hydroxyl groups is 1. The van der Waals surface area contributed by atoms with Crippen LogP contribution in [0.1, 0.15) is 53.4 Å². The summed E-state index contributed by atoms with van der Waals surface area (Å²) < 4.78 is 39.0. The van der Waals surface area contributed by atoms with Crippen LogP contribution in [0.5, 0.6) is 11.5 Å². The molecule has 0 spiro atoms. The number of aryl methyl sites for hydroxylation is 1. The molecule has 0 saturated carbocycles. The number of halogens is 2. The number of Topliss-reactive ketones (excluding diaryl/α,β-unsaturated/α-hetero) is 1. The summed E-state index contributed by atoms with van der Waals surface area (Å²) in [7, 11) is 1.35. The highest BCUT2D eigenvalue weighted by Crippen LogP contribution is 2.33. The molecule has 2 aromatic carbocycles. The molecule has 6 nitrogen and oxygen atoms in total. The highest BCUT2D eigenvalue weighted by atomic mass is 19.1. The third-order valence-electron chi connectivity index (χ3n) is 5.76. The van der Waals surface area contributed by atoms with E-state index in [0.717, 1.165) is 5.56 Å². The van der Waals surface area contributed by atoms with E-state index < -0.39 is 47.1 Å². The number of pyridine rings is 1. The number of ketones is 1. The molecule has 0 aliphatic heterocycles. The van der Waals surface area contributed by atoms with Crippen LogP contribution in [0, 0.1) is 24.5 Å². The van der Waals surface area contributed by atoms with Gasteiger partial charge in [-0.3, -0.25) is 9.59 Å². The molecule has 0 saturated heterocycles. The lowest BCUT2D eigenvalue weighted by Gasteiger charge is -2.27. The van der Waals surface area contributed by atoms with E-state index in [1.54, 1.807) is 26.0 Å². The molecule has 1 aromatic heterocycles. The highest BCUT2D eigenvalue weighted by molar-refractivity contribution is 5.99. The molecule has 3 aromatic rings. The van der Waals surface area contributed by atoms with Gasteiger partial charge in [0.1, 0.15) is 17.7 Å². The van der Waals surface area contributed by atoms with E-state index in [0.29, 0.717) is 11.1 Å². The van der Waals surface area contributed by atoms with Gasteiger partial charge < -0.3 is 14.6 Å². The Morgan fingerprint density at radius 1 is 1.06 bits per heavy atom. The summed E-state index contributed by atoms with van der Waals surface area (Å²) in [4.78, 5) is 29.4. The first-order valence-corrected chi connectivity index (χ1v) is 11.1. The molecule has 0 aliphatic rings. The summed E-state index contributed by atoms with van der Waals surface area (Å²) in [5, 5.41) is 10.2. The average Bonchev–Trinajstić information content (AvgIpc) is 2.81. The van der Waals surface area contributed by atoms with Gasteiger partial charge in [-0.1, -0.05) is 31.2 Å². The second kappa shape index (κ2) is 11.1. The number of benzene rings is 2. The fourth-order valence-corrected chi connectivity index (χ4v) is 3.89. The quantitative estimate of drug-likeness (QED) is 0.326.